The van der Waals surface area contributed by atoms with Crippen molar-refractivity contribution in [3.05, 3.63) is 54.2 Å². The minimum Gasteiger partial charge on any atom is -0.371 e. The number of aryl methyl sites for hydroxylation is 2. The van der Waals surface area contributed by atoms with E-state index in [1.165, 1.54) is 49.1 Å². The first-order valence-corrected chi connectivity index (χ1v) is 10.5. The van der Waals surface area contributed by atoms with Gasteiger partial charge in [0, 0.05) is 54.8 Å². The smallest absolute Gasteiger partial charge is 0.122 e. The first-order chi connectivity index (χ1) is 13.6. The molecule has 2 saturated heterocycles. The van der Waals surface area contributed by atoms with Crippen molar-refractivity contribution in [1.29, 1.82) is 0 Å². The molecule has 0 atom stereocenters. The van der Waals surface area contributed by atoms with E-state index in [9.17, 15) is 0 Å². The highest BCUT2D eigenvalue weighted by Gasteiger charge is 2.43. The standard InChI is InChI=1S/C23H29N5/c1-18-16-21(19-6-3-4-7-20(19)25-18)27-13-9-23(10-14-27)8-5-12-28(23)17-22-24-11-15-26(22)2/h3-4,6-7,11,15-16H,5,8-10,12-14,17H2,1-2H3. The van der Waals surface area contributed by atoms with Gasteiger partial charge in [0.05, 0.1) is 12.1 Å². The number of anilines is 1. The molecule has 0 N–H and O–H groups in total. The molecule has 28 heavy (non-hydrogen) atoms. The molecule has 2 aliphatic rings. The van der Waals surface area contributed by atoms with E-state index in [2.05, 4.69) is 69.9 Å². The number of hydrogen-bond acceptors (Lipinski definition) is 4. The number of para-hydroxylation sites is 1. The zero-order chi connectivity index (χ0) is 19.1. The summed E-state index contributed by atoms with van der Waals surface area (Å²) in [6.07, 6.45) is 9.05. The molecule has 5 heteroatoms. The van der Waals surface area contributed by atoms with Crippen molar-refractivity contribution >= 4 is 16.6 Å². The van der Waals surface area contributed by atoms with Crippen LogP contribution in [0.2, 0.25) is 0 Å². The number of piperidine rings is 1. The van der Waals surface area contributed by atoms with E-state index in [1.807, 2.05) is 6.20 Å². The lowest BCUT2D eigenvalue weighted by molar-refractivity contribution is 0.0962. The van der Waals surface area contributed by atoms with Gasteiger partial charge in [0.15, 0.2) is 0 Å². The number of aromatic nitrogens is 3. The second-order valence-electron chi connectivity index (χ2n) is 8.49. The van der Waals surface area contributed by atoms with Crippen molar-refractivity contribution in [2.45, 2.75) is 44.7 Å². The highest BCUT2D eigenvalue weighted by molar-refractivity contribution is 5.92. The highest BCUT2D eigenvalue weighted by atomic mass is 15.3. The van der Waals surface area contributed by atoms with Crippen LogP contribution in [0, 0.1) is 6.92 Å². The number of benzene rings is 1. The Labute approximate surface area is 167 Å². The number of imidazole rings is 1. The van der Waals surface area contributed by atoms with Gasteiger partial charge < -0.3 is 9.47 Å². The maximum atomic E-state index is 4.72. The fourth-order valence-corrected chi connectivity index (χ4v) is 5.24. The third-order valence-electron chi connectivity index (χ3n) is 6.85. The van der Waals surface area contributed by atoms with Gasteiger partial charge in [0.1, 0.15) is 5.82 Å². The number of nitrogens with zero attached hydrogens (tertiary/aromatic N) is 5. The van der Waals surface area contributed by atoms with Crippen molar-refractivity contribution in [3.63, 3.8) is 0 Å². The Morgan fingerprint density at radius 3 is 2.68 bits per heavy atom. The van der Waals surface area contributed by atoms with Crippen LogP contribution in [0.4, 0.5) is 5.69 Å². The van der Waals surface area contributed by atoms with Gasteiger partial charge in [-0.3, -0.25) is 9.88 Å². The van der Waals surface area contributed by atoms with Gasteiger partial charge in [-0.15, -0.1) is 0 Å². The van der Waals surface area contributed by atoms with Crippen LogP contribution >= 0.6 is 0 Å². The molecule has 4 heterocycles. The lowest BCUT2D eigenvalue weighted by Crippen LogP contribution is -2.52. The van der Waals surface area contributed by atoms with Crippen LogP contribution in [-0.4, -0.2) is 44.6 Å². The molecule has 0 unspecified atom stereocenters. The fraction of sp³-hybridized carbons (Fsp3) is 0.478. The third kappa shape index (κ3) is 2.98. The summed E-state index contributed by atoms with van der Waals surface area (Å²) in [5.41, 5.74) is 3.91. The van der Waals surface area contributed by atoms with Crippen molar-refractivity contribution < 1.29 is 0 Å². The summed E-state index contributed by atoms with van der Waals surface area (Å²) in [6.45, 7) is 6.51. The molecular weight excluding hydrogens is 346 g/mol. The minimum atomic E-state index is 0.348. The summed E-state index contributed by atoms with van der Waals surface area (Å²) >= 11 is 0. The lowest BCUT2D eigenvalue weighted by atomic mass is 9.84. The average molecular weight is 376 g/mol. The van der Waals surface area contributed by atoms with Crippen LogP contribution in [0.15, 0.2) is 42.7 Å². The Morgan fingerprint density at radius 1 is 1.07 bits per heavy atom. The van der Waals surface area contributed by atoms with E-state index in [0.29, 0.717) is 5.54 Å². The Hall–Kier alpha value is -2.40. The number of rotatable bonds is 3. The van der Waals surface area contributed by atoms with Gasteiger partial charge in [-0.05, 0) is 51.3 Å². The van der Waals surface area contributed by atoms with Crippen LogP contribution in [0.1, 0.15) is 37.2 Å². The largest absolute Gasteiger partial charge is 0.371 e. The summed E-state index contributed by atoms with van der Waals surface area (Å²) in [6, 6.07) is 10.8. The molecule has 5 nitrogen and oxygen atoms in total. The maximum Gasteiger partial charge on any atom is 0.122 e. The maximum absolute atomic E-state index is 4.72. The van der Waals surface area contributed by atoms with E-state index < -0.39 is 0 Å². The molecule has 1 aromatic carbocycles. The Morgan fingerprint density at radius 2 is 1.89 bits per heavy atom. The molecule has 2 aromatic heterocycles. The van der Waals surface area contributed by atoms with Crippen molar-refractivity contribution in [2.75, 3.05) is 24.5 Å². The number of likely N-dealkylation sites (tertiary alicyclic amines) is 1. The third-order valence-corrected chi connectivity index (χ3v) is 6.85. The Balaban J connectivity index is 1.37. The summed E-state index contributed by atoms with van der Waals surface area (Å²) < 4.78 is 2.16. The minimum absolute atomic E-state index is 0.348. The zero-order valence-electron chi connectivity index (χ0n) is 16.9. The number of pyridine rings is 1. The van der Waals surface area contributed by atoms with E-state index in [-0.39, 0.29) is 0 Å². The second kappa shape index (κ2) is 6.89. The quantitative estimate of drug-likeness (QED) is 0.695. The molecule has 3 aromatic rings. The molecule has 0 radical (unpaired) electrons. The summed E-state index contributed by atoms with van der Waals surface area (Å²) in [5, 5.41) is 1.28. The van der Waals surface area contributed by atoms with Crippen LogP contribution in [0.25, 0.3) is 10.9 Å². The predicted molar refractivity (Wildman–Crippen MR) is 114 cm³/mol. The first kappa shape index (κ1) is 17.7. The van der Waals surface area contributed by atoms with Gasteiger partial charge in [-0.1, -0.05) is 18.2 Å². The lowest BCUT2D eigenvalue weighted by Gasteiger charge is -2.46. The van der Waals surface area contributed by atoms with Crippen LogP contribution < -0.4 is 4.90 Å². The fourth-order valence-electron chi connectivity index (χ4n) is 5.24. The summed E-state index contributed by atoms with van der Waals surface area (Å²) in [7, 11) is 2.10. The number of hydrogen-bond donors (Lipinski definition) is 0. The summed E-state index contributed by atoms with van der Waals surface area (Å²) in [4.78, 5) is 14.6. The average Bonchev–Trinajstić information content (AvgIpc) is 3.29. The van der Waals surface area contributed by atoms with Gasteiger partial charge in [-0.2, -0.15) is 0 Å². The summed E-state index contributed by atoms with van der Waals surface area (Å²) in [5.74, 6) is 1.18. The second-order valence-corrected chi connectivity index (χ2v) is 8.49. The zero-order valence-corrected chi connectivity index (χ0v) is 16.9. The molecule has 2 aliphatic heterocycles. The molecule has 0 amide bonds. The SMILES string of the molecule is Cc1cc(N2CCC3(CCCN3Cc3nccn3C)CC2)c2ccccc2n1. The molecule has 0 aliphatic carbocycles. The van der Waals surface area contributed by atoms with Crippen molar-refractivity contribution in [2.24, 2.45) is 7.05 Å². The van der Waals surface area contributed by atoms with Crippen LogP contribution in [0.5, 0.6) is 0 Å². The van der Waals surface area contributed by atoms with Crippen LogP contribution in [-0.2, 0) is 13.6 Å². The molecule has 2 fully saturated rings. The molecule has 0 bridgehead atoms. The highest BCUT2D eigenvalue weighted by Crippen LogP contribution is 2.41. The monoisotopic (exact) mass is 375 g/mol. The topological polar surface area (TPSA) is 37.2 Å². The normalized spacial score (nSPS) is 19.7. The predicted octanol–water partition coefficient (Wildman–Crippen LogP) is 3.91. The first-order valence-electron chi connectivity index (χ1n) is 10.5. The van der Waals surface area contributed by atoms with Crippen molar-refractivity contribution in [1.82, 2.24) is 19.4 Å². The van der Waals surface area contributed by atoms with Gasteiger partial charge >= 0.3 is 0 Å². The van der Waals surface area contributed by atoms with Crippen molar-refractivity contribution in [3.8, 4) is 0 Å². The van der Waals surface area contributed by atoms with Gasteiger partial charge in [0.25, 0.3) is 0 Å². The van der Waals surface area contributed by atoms with Crippen LogP contribution in [0.3, 0.4) is 0 Å². The molecule has 1 spiro atoms. The Bertz CT molecular complexity index is 984. The molecule has 5 rings (SSSR count). The van der Waals surface area contributed by atoms with Gasteiger partial charge in [-0.25, -0.2) is 4.98 Å². The molecular formula is C23H29N5. The van der Waals surface area contributed by atoms with E-state index >= 15 is 0 Å². The number of fused-ring (bicyclic) bond motifs is 1. The molecule has 0 saturated carbocycles. The Kier molecular flexibility index (Phi) is 4.35. The van der Waals surface area contributed by atoms with E-state index in [4.69, 9.17) is 4.98 Å². The van der Waals surface area contributed by atoms with Gasteiger partial charge in [0.2, 0.25) is 0 Å². The molecule has 146 valence electrons. The van der Waals surface area contributed by atoms with E-state index in [0.717, 1.165) is 30.8 Å². The van der Waals surface area contributed by atoms with E-state index in [1.54, 1.807) is 0 Å².